The van der Waals surface area contributed by atoms with Crippen LogP contribution < -0.4 is 0 Å². The Labute approximate surface area is 89.2 Å². The van der Waals surface area contributed by atoms with Gasteiger partial charge in [0.25, 0.3) is 0 Å². The molecule has 0 bridgehead atoms. The van der Waals surface area contributed by atoms with Crippen molar-refractivity contribution < 1.29 is 38.2 Å². The first-order chi connectivity index (χ1) is 3.89. The molecule has 0 aromatic heterocycles. The fourth-order valence-corrected chi connectivity index (χ4v) is 1.48. The Hall–Kier alpha value is 1.06. The van der Waals surface area contributed by atoms with E-state index in [0.717, 1.165) is 5.92 Å². The molecule has 0 aliphatic heterocycles. The molecule has 59 valence electrons. The molecule has 1 nitrogen and oxygen atoms in total. The SMILES string of the molecule is CC1CCCCCC1.O.[Y]. The average Bonchev–Trinajstić information content (AvgIpc) is 1.94. The van der Waals surface area contributed by atoms with Crippen LogP contribution in [0.25, 0.3) is 0 Å². The monoisotopic (exact) mass is 219 g/mol. The van der Waals surface area contributed by atoms with E-state index in [1.807, 2.05) is 0 Å². The van der Waals surface area contributed by atoms with Crippen molar-refractivity contribution in [3.8, 4) is 0 Å². The van der Waals surface area contributed by atoms with Crippen molar-refractivity contribution in [2.75, 3.05) is 0 Å². The second-order valence-corrected chi connectivity index (χ2v) is 3.10. The summed E-state index contributed by atoms with van der Waals surface area (Å²) < 4.78 is 0. The van der Waals surface area contributed by atoms with Crippen molar-refractivity contribution in [2.45, 2.75) is 45.4 Å². The molecule has 0 atom stereocenters. The number of rotatable bonds is 0. The first-order valence-electron chi connectivity index (χ1n) is 3.89. The summed E-state index contributed by atoms with van der Waals surface area (Å²) in [6.07, 6.45) is 8.93. The van der Waals surface area contributed by atoms with Crippen molar-refractivity contribution in [2.24, 2.45) is 5.92 Å². The maximum atomic E-state index is 2.38. The third kappa shape index (κ3) is 5.82. The average molecular weight is 219 g/mol. The van der Waals surface area contributed by atoms with Gasteiger partial charge in [-0.1, -0.05) is 45.4 Å². The van der Waals surface area contributed by atoms with Crippen molar-refractivity contribution in [3.05, 3.63) is 0 Å². The molecule has 0 saturated heterocycles. The largest absolute Gasteiger partial charge is 0.412 e. The van der Waals surface area contributed by atoms with Crippen LogP contribution >= 0.6 is 0 Å². The quantitative estimate of drug-likeness (QED) is 0.559. The van der Waals surface area contributed by atoms with Crippen molar-refractivity contribution in [1.29, 1.82) is 0 Å². The van der Waals surface area contributed by atoms with Gasteiger partial charge >= 0.3 is 0 Å². The molecular weight excluding hydrogens is 201 g/mol. The van der Waals surface area contributed by atoms with Crippen molar-refractivity contribution >= 4 is 0 Å². The smallest absolute Gasteiger partial charge is 0 e. The van der Waals surface area contributed by atoms with Gasteiger partial charge in [-0.05, 0) is 5.92 Å². The second kappa shape index (κ2) is 8.16. The van der Waals surface area contributed by atoms with Crippen LogP contribution in [0.4, 0.5) is 0 Å². The number of hydrogen-bond donors (Lipinski definition) is 0. The molecule has 10 heavy (non-hydrogen) atoms. The van der Waals surface area contributed by atoms with E-state index in [1.54, 1.807) is 0 Å². The molecule has 0 heterocycles. The van der Waals surface area contributed by atoms with Crippen LogP contribution in [0.5, 0.6) is 0 Å². The van der Waals surface area contributed by atoms with Crippen LogP contribution in [-0.2, 0) is 32.7 Å². The summed E-state index contributed by atoms with van der Waals surface area (Å²) in [7, 11) is 0. The van der Waals surface area contributed by atoms with Crippen LogP contribution in [-0.4, -0.2) is 5.48 Å². The van der Waals surface area contributed by atoms with Gasteiger partial charge in [0.15, 0.2) is 0 Å². The van der Waals surface area contributed by atoms with Crippen LogP contribution in [0, 0.1) is 5.92 Å². The van der Waals surface area contributed by atoms with Gasteiger partial charge in [-0.25, -0.2) is 0 Å². The topological polar surface area (TPSA) is 31.5 Å². The minimum Gasteiger partial charge on any atom is -0.412 e. The van der Waals surface area contributed by atoms with Gasteiger partial charge in [-0.3, -0.25) is 0 Å². The molecule has 2 N–H and O–H groups in total. The van der Waals surface area contributed by atoms with Gasteiger partial charge in [0.1, 0.15) is 0 Å². The normalized spacial score (nSPS) is 20.1. The van der Waals surface area contributed by atoms with E-state index in [9.17, 15) is 0 Å². The molecule has 0 amide bonds. The predicted molar refractivity (Wildman–Crippen MR) is 40.5 cm³/mol. The Kier molecular flexibility index (Phi) is 11.1. The molecule has 0 aromatic carbocycles. The molecule has 1 aliphatic rings. The maximum Gasteiger partial charge on any atom is 0 e. The summed E-state index contributed by atoms with van der Waals surface area (Å²) in [5, 5.41) is 0. The van der Waals surface area contributed by atoms with Gasteiger partial charge in [-0.15, -0.1) is 0 Å². The zero-order valence-electron chi connectivity index (χ0n) is 6.90. The minimum atomic E-state index is 0. The Balaban J connectivity index is 0. The van der Waals surface area contributed by atoms with Crippen molar-refractivity contribution in [1.82, 2.24) is 0 Å². The Morgan fingerprint density at radius 3 is 1.70 bits per heavy atom. The molecule has 1 aliphatic carbocycles. The molecule has 1 radical (unpaired) electrons. The van der Waals surface area contributed by atoms with Crippen molar-refractivity contribution in [3.63, 3.8) is 0 Å². The Morgan fingerprint density at radius 2 is 1.30 bits per heavy atom. The van der Waals surface area contributed by atoms with Gasteiger partial charge < -0.3 is 5.48 Å². The molecule has 0 aromatic rings. The summed E-state index contributed by atoms with van der Waals surface area (Å²) in [6, 6.07) is 0. The minimum absolute atomic E-state index is 0. The Bertz CT molecular complexity index is 58.3. The van der Waals surface area contributed by atoms with Crippen LogP contribution in [0.15, 0.2) is 0 Å². The first kappa shape index (κ1) is 13.6. The second-order valence-electron chi connectivity index (χ2n) is 3.10. The summed E-state index contributed by atoms with van der Waals surface area (Å²) in [4.78, 5) is 0. The fraction of sp³-hybridized carbons (Fsp3) is 1.00. The zero-order chi connectivity index (χ0) is 5.82. The molecule has 2 heteroatoms. The molecule has 0 spiro atoms. The zero-order valence-corrected chi connectivity index (χ0v) is 9.74. The third-order valence-corrected chi connectivity index (χ3v) is 2.14. The van der Waals surface area contributed by atoms with E-state index >= 15 is 0 Å². The van der Waals surface area contributed by atoms with Crippen LogP contribution in [0.3, 0.4) is 0 Å². The van der Waals surface area contributed by atoms with Gasteiger partial charge in [0.2, 0.25) is 0 Å². The third-order valence-electron chi connectivity index (χ3n) is 2.14. The number of hydrogen-bond acceptors (Lipinski definition) is 0. The molecule has 1 saturated carbocycles. The maximum absolute atomic E-state index is 2.38. The first-order valence-corrected chi connectivity index (χ1v) is 3.89. The summed E-state index contributed by atoms with van der Waals surface area (Å²) in [6.45, 7) is 2.38. The molecular formula is C8H18OY. The van der Waals surface area contributed by atoms with E-state index in [2.05, 4.69) is 6.92 Å². The summed E-state index contributed by atoms with van der Waals surface area (Å²) >= 11 is 0. The van der Waals surface area contributed by atoms with E-state index in [-0.39, 0.29) is 38.2 Å². The predicted octanol–water partition coefficient (Wildman–Crippen LogP) is 2.15. The Morgan fingerprint density at radius 1 is 0.900 bits per heavy atom. The molecule has 1 rings (SSSR count). The van der Waals surface area contributed by atoms with Gasteiger partial charge in [0, 0.05) is 32.7 Å². The van der Waals surface area contributed by atoms with E-state index in [4.69, 9.17) is 0 Å². The molecule has 0 unspecified atom stereocenters. The van der Waals surface area contributed by atoms with E-state index in [0.29, 0.717) is 0 Å². The van der Waals surface area contributed by atoms with Gasteiger partial charge in [-0.2, -0.15) is 0 Å². The summed E-state index contributed by atoms with van der Waals surface area (Å²) in [5.41, 5.74) is 0. The molecule has 1 fully saturated rings. The van der Waals surface area contributed by atoms with Crippen LogP contribution in [0.2, 0.25) is 0 Å². The van der Waals surface area contributed by atoms with Gasteiger partial charge in [0.05, 0.1) is 0 Å². The summed E-state index contributed by atoms with van der Waals surface area (Å²) in [5.74, 6) is 1.03. The fourth-order valence-electron chi connectivity index (χ4n) is 1.48. The van der Waals surface area contributed by atoms with E-state index < -0.39 is 0 Å². The van der Waals surface area contributed by atoms with Crippen LogP contribution in [0.1, 0.15) is 45.4 Å². The van der Waals surface area contributed by atoms with E-state index in [1.165, 1.54) is 38.5 Å². The standard InChI is InChI=1S/C8H16.H2O.Y/c1-8-6-4-2-3-5-7-8;;/h8H,2-7H2,1H3;1H2;.